The number of carbonyl (C=O) groups excluding carboxylic acids is 2. The Bertz CT molecular complexity index is 900. The Morgan fingerprint density at radius 3 is 2.34 bits per heavy atom. The monoisotopic (exact) mass is 394 g/mol. The molecule has 6 nitrogen and oxygen atoms in total. The molecule has 2 heterocycles. The fourth-order valence-electron chi connectivity index (χ4n) is 3.94. The number of nitrogens with one attached hydrogen (secondary N) is 1. The summed E-state index contributed by atoms with van der Waals surface area (Å²) in [5.41, 5.74) is 4.92. The molecule has 1 unspecified atom stereocenters. The van der Waals surface area contributed by atoms with Crippen LogP contribution in [0.4, 0.5) is 0 Å². The Hall–Kier alpha value is -2.76. The molecular weight excluding hydrogens is 364 g/mol. The lowest BCUT2D eigenvalue weighted by atomic mass is 9.92. The number of aryl methyl sites for hydroxylation is 3. The van der Waals surface area contributed by atoms with Crippen molar-refractivity contribution in [3.05, 3.63) is 58.2 Å². The molecule has 0 radical (unpaired) electrons. The standard InChI is InChI=1S/C23H30N4O2/c1-14(2)10-22(28)27-13-19-9-7-6-8-18(19)11-21(27)23(29)24-12-20-15(3)25-17(5)26-16(20)4/h6-9,14,21H,10-13H2,1-5H3,(H,24,29). The van der Waals surface area contributed by atoms with Crippen LogP contribution in [0.5, 0.6) is 0 Å². The Balaban J connectivity index is 1.80. The molecule has 0 spiro atoms. The number of hydrogen-bond donors (Lipinski definition) is 1. The molecule has 1 atom stereocenters. The molecule has 0 saturated carbocycles. The van der Waals surface area contributed by atoms with Crippen LogP contribution in [0, 0.1) is 26.7 Å². The number of fused-ring (bicyclic) bond motifs is 1. The third-order valence-corrected chi connectivity index (χ3v) is 5.43. The van der Waals surface area contributed by atoms with Gasteiger partial charge in [0.15, 0.2) is 0 Å². The normalized spacial score (nSPS) is 15.9. The highest BCUT2D eigenvalue weighted by atomic mass is 16.2. The average Bonchev–Trinajstić information content (AvgIpc) is 2.65. The first-order chi connectivity index (χ1) is 13.8. The summed E-state index contributed by atoms with van der Waals surface area (Å²) in [6, 6.07) is 7.55. The third-order valence-electron chi connectivity index (χ3n) is 5.43. The fraction of sp³-hybridized carbons (Fsp3) is 0.478. The largest absolute Gasteiger partial charge is 0.350 e. The van der Waals surface area contributed by atoms with Crippen molar-refractivity contribution in [3.8, 4) is 0 Å². The van der Waals surface area contributed by atoms with E-state index in [2.05, 4.69) is 15.3 Å². The van der Waals surface area contributed by atoms with Crippen LogP contribution in [0.2, 0.25) is 0 Å². The predicted octanol–water partition coefficient (Wildman–Crippen LogP) is 3.02. The highest BCUT2D eigenvalue weighted by Gasteiger charge is 2.34. The highest BCUT2D eigenvalue weighted by Crippen LogP contribution is 2.25. The number of hydrogen-bond acceptors (Lipinski definition) is 4. The Kier molecular flexibility index (Phi) is 6.30. The van der Waals surface area contributed by atoms with Gasteiger partial charge in [-0.15, -0.1) is 0 Å². The van der Waals surface area contributed by atoms with E-state index >= 15 is 0 Å². The zero-order valence-corrected chi connectivity index (χ0v) is 18.0. The van der Waals surface area contributed by atoms with Gasteiger partial charge >= 0.3 is 0 Å². The quantitative estimate of drug-likeness (QED) is 0.846. The number of carbonyl (C=O) groups is 2. The van der Waals surface area contributed by atoms with Gasteiger partial charge in [-0.3, -0.25) is 9.59 Å². The van der Waals surface area contributed by atoms with Crippen molar-refractivity contribution < 1.29 is 9.59 Å². The van der Waals surface area contributed by atoms with E-state index in [0.717, 1.165) is 33.9 Å². The molecule has 3 rings (SSSR count). The van der Waals surface area contributed by atoms with E-state index in [4.69, 9.17) is 0 Å². The summed E-state index contributed by atoms with van der Waals surface area (Å²) in [5, 5.41) is 3.03. The smallest absolute Gasteiger partial charge is 0.243 e. The van der Waals surface area contributed by atoms with Crippen molar-refractivity contribution in [1.82, 2.24) is 20.2 Å². The summed E-state index contributed by atoms with van der Waals surface area (Å²) in [7, 11) is 0. The third kappa shape index (κ3) is 4.81. The maximum Gasteiger partial charge on any atom is 0.243 e. The molecule has 0 fully saturated rings. The van der Waals surface area contributed by atoms with Gasteiger partial charge in [-0.1, -0.05) is 38.1 Å². The molecule has 6 heteroatoms. The average molecular weight is 395 g/mol. The Morgan fingerprint density at radius 1 is 1.10 bits per heavy atom. The molecule has 1 aliphatic rings. The van der Waals surface area contributed by atoms with Crippen LogP contribution in [0.1, 0.15) is 54.2 Å². The zero-order chi connectivity index (χ0) is 21.1. The van der Waals surface area contributed by atoms with Crippen LogP contribution in [-0.4, -0.2) is 32.7 Å². The lowest BCUT2D eigenvalue weighted by molar-refractivity contribution is -0.142. The van der Waals surface area contributed by atoms with Gasteiger partial charge in [0.05, 0.1) is 0 Å². The summed E-state index contributed by atoms with van der Waals surface area (Å²) in [4.78, 5) is 36.6. The number of aromatic nitrogens is 2. The first-order valence-corrected chi connectivity index (χ1v) is 10.2. The van der Waals surface area contributed by atoms with Crippen LogP contribution in [-0.2, 0) is 29.1 Å². The van der Waals surface area contributed by atoms with Crippen molar-refractivity contribution in [3.63, 3.8) is 0 Å². The second kappa shape index (κ2) is 8.72. The molecule has 0 aliphatic carbocycles. The second-order valence-corrected chi connectivity index (χ2v) is 8.25. The van der Waals surface area contributed by atoms with E-state index in [9.17, 15) is 9.59 Å². The predicted molar refractivity (Wildman–Crippen MR) is 112 cm³/mol. The van der Waals surface area contributed by atoms with Crippen molar-refractivity contribution >= 4 is 11.8 Å². The van der Waals surface area contributed by atoms with Gasteiger partial charge in [-0.25, -0.2) is 9.97 Å². The van der Waals surface area contributed by atoms with E-state index in [0.29, 0.717) is 25.9 Å². The minimum atomic E-state index is -0.497. The Labute approximate surface area is 172 Å². The first-order valence-electron chi connectivity index (χ1n) is 10.2. The van der Waals surface area contributed by atoms with Gasteiger partial charge in [0, 0.05) is 42.9 Å². The topological polar surface area (TPSA) is 75.2 Å². The van der Waals surface area contributed by atoms with Crippen molar-refractivity contribution in [2.75, 3.05) is 0 Å². The van der Waals surface area contributed by atoms with E-state index in [1.807, 2.05) is 58.9 Å². The van der Waals surface area contributed by atoms with E-state index in [-0.39, 0.29) is 17.7 Å². The highest BCUT2D eigenvalue weighted by molar-refractivity contribution is 5.88. The van der Waals surface area contributed by atoms with Crippen molar-refractivity contribution in [2.24, 2.45) is 5.92 Å². The zero-order valence-electron chi connectivity index (χ0n) is 18.0. The van der Waals surface area contributed by atoms with Crippen molar-refractivity contribution in [1.29, 1.82) is 0 Å². The SMILES string of the molecule is Cc1nc(C)c(CNC(=O)C2Cc3ccccc3CN2C(=O)CC(C)C)c(C)n1. The molecule has 1 aromatic heterocycles. The molecule has 0 bridgehead atoms. The minimum absolute atomic E-state index is 0.0284. The first kappa shape index (κ1) is 21.0. The van der Waals surface area contributed by atoms with Crippen molar-refractivity contribution in [2.45, 2.75) is 66.6 Å². The summed E-state index contributed by atoms with van der Waals surface area (Å²) in [6.45, 7) is 10.6. The lowest BCUT2D eigenvalue weighted by Gasteiger charge is -2.36. The van der Waals surface area contributed by atoms with Crippen LogP contribution in [0.3, 0.4) is 0 Å². The molecule has 2 aromatic rings. The van der Waals surface area contributed by atoms with Gasteiger partial charge in [0.1, 0.15) is 11.9 Å². The summed E-state index contributed by atoms with van der Waals surface area (Å²) >= 11 is 0. The second-order valence-electron chi connectivity index (χ2n) is 8.25. The molecule has 2 amide bonds. The molecule has 1 aromatic carbocycles. The number of benzene rings is 1. The molecule has 1 aliphatic heterocycles. The van der Waals surface area contributed by atoms with Gasteiger partial charge < -0.3 is 10.2 Å². The van der Waals surface area contributed by atoms with E-state index in [1.165, 1.54) is 0 Å². The summed E-state index contributed by atoms with van der Waals surface area (Å²) < 4.78 is 0. The van der Waals surface area contributed by atoms with Gasteiger partial charge in [-0.05, 0) is 37.8 Å². The number of rotatable bonds is 5. The van der Waals surface area contributed by atoms with Crippen LogP contribution in [0.15, 0.2) is 24.3 Å². The van der Waals surface area contributed by atoms with Gasteiger partial charge in [0.2, 0.25) is 11.8 Å². The van der Waals surface area contributed by atoms with Crippen LogP contribution >= 0.6 is 0 Å². The fourth-order valence-corrected chi connectivity index (χ4v) is 3.94. The molecule has 0 saturated heterocycles. The van der Waals surface area contributed by atoms with Gasteiger partial charge in [-0.2, -0.15) is 0 Å². The summed E-state index contributed by atoms with van der Waals surface area (Å²) in [5.74, 6) is 0.875. The lowest BCUT2D eigenvalue weighted by Crippen LogP contribution is -2.52. The van der Waals surface area contributed by atoms with E-state index in [1.54, 1.807) is 4.90 Å². The minimum Gasteiger partial charge on any atom is -0.350 e. The molecule has 154 valence electrons. The maximum atomic E-state index is 13.1. The van der Waals surface area contributed by atoms with E-state index < -0.39 is 6.04 Å². The summed E-state index contributed by atoms with van der Waals surface area (Å²) in [6.07, 6.45) is 0.976. The number of nitrogens with zero attached hydrogens (tertiary/aromatic N) is 3. The van der Waals surface area contributed by atoms with Gasteiger partial charge in [0.25, 0.3) is 0 Å². The molecule has 1 N–H and O–H groups in total. The molecule has 29 heavy (non-hydrogen) atoms. The maximum absolute atomic E-state index is 13.1. The molecular formula is C23H30N4O2. The number of amides is 2. The Morgan fingerprint density at radius 2 is 1.72 bits per heavy atom. The van der Waals surface area contributed by atoms with Crippen LogP contribution in [0.25, 0.3) is 0 Å². The van der Waals surface area contributed by atoms with Crippen LogP contribution < -0.4 is 5.32 Å².